The summed E-state index contributed by atoms with van der Waals surface area (Å²) >= 11 is 7.09. The van der Waals surface area contributed by atoms with Crippen LogP contribution in [0.2, 0.25) is 0 Å². The molecule has 0 aliphatic heterocycles. The van der Waals surface area contributed by atoms with Gasteiger partial charge in [0.2, 0.25) is 0 Å². The van der Waals surface area contributed by atoms with E-state index in [-0.39, 0.29) is 0 Å². The molecule has 1 N–H and O–H groups in total. The molecule has 0 aliphatic rings. The average Bonchev–Trinajstić information content (AvgIpc) is 2.61. The highest BCUT2D eigenvalue weighted by atomic mass is 79.9. The van der Waals surface area contributed by atoms with Crippen LogP contribution in [0.1, 0.15) is 29.9 Å². The molecule has 0 saturated carbocycles. The van der Waals surface area contributed by atoms with E-state index in [2.05, 4.69) is 67.4 Å². The lowest BCUT2D eigenvalue weighted by molar-refractivity contribution is 0.547. The van der Waals surface area contributed by atoms with Crippen molar-refractivity contribution in [3.63, 3.8) is 0 Å². The molecule has 0 unspecified atom stereocenters. The molecular formula is C14H17Br2N3. The van der Waals surface area contributed by atoms with Gasteiger partial charge >= 0.3 is 0 Å². The molecule has 1 aromatic heterocycles. The van der Waals surface area contributed by atoms with Crippen LogP contribution in [0.5, 0.6) is 0 Å². The van der Waals surface area contributed by atoms with Gasteiger partial charge in [-0.1, -0.05) is 28.1 Å². The van der Waals surface area contributed by atoms with Crippen LogP contribution in [0, 0.1) is 6.92 Å². The molecule has 0 fully saturated rings. The predicted octanol–water partition coefficient (Wildman–Crippen LogP) is 4.10. The number of halogens is 2. The van der Waals surface area contributed by atoms with E-state index in [9.17, 15) is 0 Å². The van der Waals surface area contributed by atoms with Crippen LogP contribution in [0.15, 0.2) is 33.2 Å². The molecule has 2 aromatic rings. The standard InChI is InChI=1S/C14H17Br2N3/c1-9(11-5-4-6-12(15)7-11)17-8-13-14(16)10(2)18-19(13)3/h4-7,9,17H,8H2,1-3H3/t9-/m0/s1. The fourth-order valence-electron chi connectivity index (χ4n) is 2.02. The summed E-state index contributed by atoms with van der Waals surface area (Å²) < 4.78 is 4.11. The summed E-state index contributed by atoms with van der Waals surface area (Å²) in [7, 11) is 1.97. The SMILES string of the molecule is Cc1nn(C)c(CN[C@@H](C)c2cccc(Br)c2)c1Br. The normalized spacial score (nSPS) is 12.7. The maximum Gasteiger partial charge on any atom is 0.0739 e. The molecule has 0 amide bonds. The van der Waals surface area contributed by atoms with E-state index in [1.54, 1.807) is 0 Å². The molecule has 1 aromatic carbocycles. The quantitative estimate of drug-likeness (QED) is 0.856. The molecule has 0 spiro atoms. The van der Waals surface area contributed by atoms with Crippen molar-refractivity contribution in [2.24, 2.45) is 7.05 Å². The van der Waals surface area contributed by atoms with E-state index in [4.69, 9.17) is 0 Å². The summed E-state index contributed by atoms with van der Waals surface area (Å²) in [6.07, 6.45) is 0. The minimum absolute atomic E-state index is 0.291. The topological polar surface area (TPSA) is 29.9 Å². The predicted molar refractivity (Wildman–Crippen MR) is 85.0 cm³/mol. The molecule has 2 rings (SSSR count). The Labute approximate surface area is 130 Å². The van der Waals surface area contributed by atoms with Crippen LogP contribution in [0.3, 0.4) is 0 Å². The number of benzene rings is 1. The van der Waals surface area contributed by atoms with Gasteiger partial charge in [-0.25, -0.2) is 0 Å². The molecule has 0 aliphatic carbocycles. The zero-order valence-corrected chi connectivity index (χ0v) is 14.4. The minimum atomic E-state index is 0.291. The molecule has 0 radical (unpaired) electrons. The minimum Gasteiger partial charge on any atom is -0.305 e. The zero-order valence-electron chi connectivity index (χ0n) is 11.2. The van der Waals surface area contributed by atoms with Crippen LogP contribution in [-0.4, -0.2) is 9.78 Å². The Hall–Kier alpha value is -0.650. The van der Waals surface area contributed by atoms with E-state index in [1.807, 2.05) is 24.7 Å². The first kappa shape index (κ1) is 14.8. The molecule has 1 atom stereocenters. The highest BCUT2D eigenvalue weighted by Gasteiger charge is 2.12. The lowest BCUT2D eigenvalue weighted by Crippen LogP contribution is -2.20. The van der Waals surface area contributed by atoms with Gasteiger partial charge in [0.1, 0.15) is 0 Å². The van der Waals surface area contributed by atoms with Crippen molar-refractivity contribution in [2.75, 3.05) is 0 Å². The largest absolute Gasteiger partial charge is 0.305 e. The summed E-state index contributed by atoms with van der Waals surface area (Å²) in [6, 6.07) is 8.66. The first-order valence-electron chi connectivity index (χ1n) is 6.16. The first-order chi connectivity index (χ1) is 8.99. The third kappa shape index (κ3) is 3.46. The summed E-state index contributed by atoms with van der Waals surface area (Å²) in [4.78, 5) is 0. The summed E-state index contributed by atoms with van der Waals surface area (Å²) in [6.45, 7) is 4.95. The number of nitrogens with one attached hydrogen (secondary N) is 1. The van der Waals surface area contributed by atoms with E-state index in [0.29, 0.717) is 6.04 Å². The van der Waals surface area contributed by atoms with E-state index in [1.165, 1.54) is 11.3 Å². The van der Waals surface area contributed by atoms with Gasteiger partial charge < -0.3 is 5.32 Å². The second-order valence-corrected chi connectivity index (χ2v) is 6.34. The highest BCUT2D eigenvalue weighted by molar-refractivity contribution is 9.10. The number of hydrogen-bond acceptors (Lipinski definition) is 2. The van der Waals surface area contributed by atoms with Crippen LogP contribution in [-0.2, 0) is 13.6 Å². The molecule has 1 heterocycles. The van der Waals surface area contributed by atoms with E-state index in [0.717, 1.165) is 21.2 Å². The van der Waals surface area contributed by atoms with Crippen molar-refractivity contribution < 1.29 is 0 Å². The second kappa shape index (κ2) is 6.20. The number of rotatable bonds is 4. The lowest BCUT2D eigenvalue weighted by atomic mass is 10.1. The van der Waals surface area contributed by atoms with Gasteiger partial charge in [0.15, 0.2) is 0 Å². The second-order valence-electron chi connectivity index (χ2n) is 4.63. The van der Waals surface area contributed by atoms with Crippen LogP contribution in [0.25, 0.3) is 0 Å². The Morgan fingerprint density at radius 1 is 1.37 bits per heavy atom. The van der Waals surface area contributed by atoms with Crippen molar-refractivity contribution in [3.8, 4) is 0 Å². The summed E-state index contributed by atoms with van der Waals surface area (Å²) in [5, 5.41) is 7.92. The van der Waals surface area contributed by atoms with Gasteiger partial charge in [-0.05, 0) is 47.5 Å². The maximum atomic E-state index is 4.40. The fraction of sp³-hybridized carbons (Fsp3) is 0.357. The zero-order chi connectivity index (χ0) is 14.0. The first-order valence-corrected chi connectivity index (χ1v) is 7.74. The summed E-state index contributed by atoms with van der Waals surface area (Å²) in [5.74, 6) is 0. The van der Waals surface area contributed by atoms with Crippen molar-refractivity contribution in [2.45, 2.75) is 26.4 Å². The van der Waals surface area contributed by atoms with Gasteiger partial charge in [-0.2, -0.15) is 5.10 Å². The Morgan fingerprint density at radius 2 is 2.11 bits per heavy atom. The monoisotopic (exact) mass is 385 g/mol. The Kier molecular flexibility index (Phi) is 4.81. The fourth-order valence-corrected chi connectivity index (χ4v) is 2.91. The number of aryl methyl sites for hydroxylation is 2. The van der Waals surface area contributed by atoms with E-state index < -0.39 is 0 Å². The lowest BCUT2D eigenvalue weighted by Gasteiger charge is -2.15. The number of nitrogens with zero attached hydrogens (tertiary/aromatic N) is 2. The Balaban J connectivity index is 2.06. The van der Waals surface area contributed by atoms with Gasteiger partial charge in [0.25, 0.3) is 0 Å². The maximum absolute atomic E-state index is 4.40. The molecule has 19 heavy (non-hydrogen) atoms. The summed E-state index contributed by atoms with van der Waals surface area (Å²) in [5.41, 5.74) is 3.46. The van der Waals surface area contributed by atoms with Crippen LogP contribution in [0.4, 0.5) is 0 Å². The third-order valence-electron chi connectivity index (χ3n) is 3.19. The van der Waals surface area contributed by atoms with Crippen molar-refractivity contribution in [1.82, 2.24) is 15.1 Å². The third-order valence-corrected chi connectivity index (χ3v) is 4.71. The van der Waals surface area contributed by atoms with Gasteiger partial charge in [0.05, 0.1) is 15.9 Å². The van der Waals surface area contributed by atoms with Crippen LogP contribution >= 0.6 is 31.9 Å². The van der Waals surface area contributed by atoms with Crippen molar-refractivity contribution in [1.29, 1.82) is 0 Å². The van der Waals surface area contributed by atoms with Gasteiger partial charge in [-0.15, -0.1) is 0 Å². The van der Waals surface area contributed by atoms with E-state index >= 15 is 0 Å². The van der Waals surface area contributed by atoms with Crippen LogP contribution < -0.4 is 5.32 Å². The number of aromatic nitrogens is 2. The van der Waals surface area contributed by atoms with Crippen molar-refractivity contribution >= 4 is 31.9 Å². The molecule has 102 valence electrons. The smallest absolute Gasteiger partial charge is 0.0739 e. The molecule has 5 heteroatoms. The Morgan fingerprint density at radius 3 is 2.68 bits per heavy atom. The Bertz CT molecular complexity index is 578. The number of hydrogen-bond donors (Lipinski definition) is 1. The molecule has 0 saturated heterocycles. The van der Waals surface area contributed by atoms with Gasteiger partial charge in [0, 0.05) is 24.1 Å². The molecule has 3 nitrogen and oxygen atoms in total. The van der Waals surface area contributed by atoms with Crippen molar-refractivity contribution in [3.05, 3.63) is 50.2 Å². The molecular weight excluding hydrogens is 370 g/mol. The van der Waals surface area contributed by atoms with Gasteiger partial charge in [-0.3, -0.25) is 4.68 Å². The molecule has 0 bridgehead atoms. The highest BCUT2D eigenvalue weighted by Crippen LogP contribution is 2.22. The average molecular weight is 387 g/mol.